The number of aromatic nitrogens is 2. The number of nitrogens with one attached hydrogen (secondary N) is 1. The molecule has 1 aliphatic carbocycles. The topological polar surface area (TPSA) is 69.4 Å². The molecule has 2 rings (SSSR count). The van der Waals surface area contributed by atoms with Crippen LogP contribution in [0.4, 0.5) is 6.01 Å². The van der Waals surface area contributed by atoms with Crippen molar-refractivity contribution < 1.29 is 14.0 Å². The van der Waals surface area contributed by atoms with Gasteiger partial charge in [-0.05, 0) is 12.8 Å². The summed E-state index contributed by atoms with van der Waals surface area (Å²) in [6, 6.07) is 0.438. The third-order valence-corrected chi connectivity index (χ3v) is 3.72. The van der Waals surface area contributed by atoms with Crippen molar-refractivity contribution in [3.8, 4) is 0 Å². The second kappa shape index (κ2) is 6.86. The number of hydrogen-bond acceptors (Lipinski definition) is 6. The Balaban J connectivity index is 2.05. The van der Waals surface area contributed by atoms with Crippen LogP contribution < -0.4 is 5.32 Å². The summed E-state index contributed by atoms with van der Waals surface area (Å²) in [7, 11) is 3.39. The lowest BCUT2D eigenvalue weighted by atomic mass is 9.93. The van der Waals surface area contributed by atoms with Crippen LogP contribution >= 0.6 is 0 Å². The number of nitrogens with zero attached hydrogens (tertiary/aromatic N) is 2. The minimum Gasteiger partial charge on any atom is -0.383 e. The molecule has 0 aromatic carbocycles. The number of anilines is 1. The number of ether oxygens (including phenoxy) is 2. The molecule has 0 aliphatic heterocycles. The standard InChI is InChI=1S/C13H23N3O3/c1-17-10-9-14-12-15-11(16-19-12)13(18-2)7-5-3-4-6-8-13/h3-10H2,1-2H3,(H,14,15,16). The van der Waals surface area contributed by atoms with Gasteiger partial charge in [0, 0.05) is 20.8 Å². The molecule has 0 atom stereocenters. The van der Waals surface area contributed by atoms with E-state index in [2.05, 4.69) is 15.5 Å². The average Bonchev–Trinajstić information content (AvgIpc) is 2.77. The normalized spacial score (nSPS) is 19.1. The van der Waals surface area contributed by atoms with Crippen LogP contribution in [0.15, 0.2) is 4.52 Å². The number of rotatable bonds is 6. The highest BCUT2D eigenvalue weighted by Gasteiger charge is 2.37. The van der Waals surface area contributed by atoms with Crippen molar-refractivity contribution >= 4 is 6.01 Å². The van der Waals surface area contributed by atoms with Gasteiger partial charge >= 0.3 is 6.01 Å². The van der Waals surface area contributed by atoms with E-state index in [0.717, 1.165) is 25.7 Å². The van der Waals surface area contributed by atoms with E-state index in [0.29, 0.717) is 25.0 Å². The summed E-state index contributed by atoms with van der Waals surface area (Å²) >= 11 is 0. The second-order valence-electron chi connectivity index (χ2n) is 4.96. The molecule has 6 heteroatoms. The lowest BCUT2D eigenvalue weighted by Crippen LogP contribution is -2.29. The van der Waals surface area contributed by atoms with Gasteiger partial charge in [0.05, 0.1) is 6.61 Å². The smallest absolute Gasteiger partial charge is 0.321 e. The molecule has 0 radical (unpaired) electrons. The van der Waals surface area contributed by atoms with Crippen molar-refractivity contribution in [3.05, 3.63) is 5.82 Å². The fourth-order valence-corrected chi connectivity index (χ4v) is 2.56. The summed E-state index contributed by atoms with van der Waals surface area (Å²) in [6.45, 7) is 1.26. The highest BCUT2D eigenvalue weighted by molar-refractivity contribution is 5.20. The Labute approximate surface area is 113 Å². The Kier molecular flexibility index (Phi) is 5.15. The minimum absolute atomic E-state index is 0.374. The van der Waals surface area contributed by atoms with Crippen molar-refractivity contribution in [2.24, 2.45) is 0 Å². The Morgan fingerprint density at radius 2 is 1.95 bits per heavy atom. The molecule has 1 N–H and O–H groups in total. The Morgan fingerprint density at radius 1 is 1.21 bits per heavy atom. The third kappa shape index (κ3) is 3.45. The van der Waals surface area contributed by atoms with E-state index in [1.54, 1.807) is 14.2 Å². The zero-order valence-electron chi connectivity index (χ0n) is 11.8. The molecule has 0 unspecified atom stereocenters. The van der Waals surface area contributed by atoms with Gasteiger partial charge < -0.3 is 19.3 Å². The van der Waals surface area contributed by atoms with E-state index in [1.807, 2.05) is 0 Å². The Morgan fingerprint density at radius 3 is 2.58 bits per heavy atom. The van der Waals surface area contributed by atoms with Gasteiger partial charge in [-0.3, -0.25) is 0 Å². The van der Waals surface area contributed by atoms with Crippen molar-refractivity contribution in [2.45, 2.75) is 44.1 Å². The maximum absolute atomic E-state index is 5.75. The van der Waals surface area contributed by atoms with Gasteiger partial charge in [-0.2, -0.15) is 4.98 Å². The molecule has 1 heterocycles. The highest BCUT2D eigenvalue weighted by Crippen LogP contribution is 2.37. The maximum atomic E-state index is 5.75. The monoisotopic (exact) mass is 269 g/mol. The van der Waals surface area contributed by atoms with Crippen molar-refractivity contribution in [2.75, 3.05) is 32.7 Å². The first-order valence-electron chi connectivity index (χ1n) is 6.93. The predicted molar refractivity (Wildman–Crippen MR) is 71.1 cm³/mol. The first kappa shape index (κ1) is 14.3. The summed E-state index contributed by atoms with van der Waals surface area (Å²) in [5, 5.41) is 7.13. The fraction of sp³-hybridized carbons (Fsp3) is 0.846. The van der Waals surface area contributed by atoms with E-state index in [1.165, 1.54) is 12.8 Å². The van der Waals surface area contributed by atoms with Crippen LogP contribution in [0.2, 0.25) is 0 Å². The lowest BCUT2D eigenvalue weighted by Gasteiger charge is -2.27. The Hall–Kier alpha value is -1.14. The highest BCUT2D eigenvalue weighted by atomic mass is 16.5. The second-order valence-corrected chi connectivity index (χ2v) is 4.96. The molecule has 1 aromatic rings. The van der Waals surface area contributed by atoms with Crippen LogP contribution in [0.25, 0.3) is 0 Å². The van der Waals surface area contributed by atoms with Crippen LogP contribution in [0, 0.1) is 0 Å². The average molecular weight is 269 g/mol. The quantitative estimate of drug-likeness (QED) is 0.631. The van der Waals surface area contributed by atoms with Crippen LogP contribution in [0.3, 0.4) is 0 Å². The first-order chi connectivity index (χ1) is 9.30. The van der Waals surface area contributed by atoms with Crippen molar-refractivity contribution in [1.82, 2.24) is 10.1 Å². The van der Waals surface area contributed by atoms with Gasteiger partial charge in [0.1, 0.15) is 5.60 Å². The molecule has 1 aliphatic rings. The molecule has 1 saturated carbocycles. The molecular weight excluding hydrogens is 246 g/mol. The molecule has 6 nitrogen and oxygen atoms in total. The van der Waals surface area contributed by atoms with Gasteiger partial charge in [0.15, 0.2) is 0 Å². The fourth-order valence-electron chi connectivity index (χ4n) is 2.56. The predicted octanol–water partition coefficient (Wildman–Crippen LogP) is 2.32. The van der Waals surface area contributed by atoms with Crippen molar-refractivity contribution in [3.63, 3.8) is 0 Å². The first-order valence-corrected chi connectivity index (χ1v) is 6.93. The largest absolute Gasteiger partial charge is 0.383 e. The van der Waals surface area contributed by atoms with Gasteiger partial charge in [-0.25, -0.2) is 0 Å². The number of hydrogen-bond donors (Lipinski definition) is 1. The zero-order valence-corrected chi connectivity index (χ0v) is 11.8. The summed E-state index contributed by atoms with van der Waals surface area (Å²) in [6.07, 6.45) is 6.72. The van der Waals surface area contributed by atoms with Gasteiger partial charge in [-0.15, -0.1) is 0 Å². The SMILES string of the molecule is COCCNc1nc(C2(OC)CCCCCC2)no1. The van der Waals surface area contributed by atoms with Crippen molar-refractivity contribution in [1.29, 1.82) is 0 Å². The van der Waals surface area contributed by atoms with Gasteiger partial charge in [0.25, 0.3) is 0 Å². The molecule has 1 fully saturated rings. The van der Waals surface area contributed by atoms with Crippen LogP contribution in [0.1, 0.15) is 44.3 Å². The third-order valence-electron chi connectivity index (χ3n) is 3.72. The molecule has 0 amide bonds. The van der Waals surface area contributed by atoms with E-state index < -0.39 is 0 Å². The lowest BCUT2D eigenvalue weighted by molar-refractivity contribution is -0.0365. The van der Waals surface area contributed by atoms with Crippen LogP contribution in [-0.2, 0) is 15.1 Å². The van der Waals surface area contributed by atoms with E-state index in [-0.39, 0.29) is 5.60 Å². The molecule has 1 aromatic heterocycles. The van der Waals surface area contributed by atoms with E-state index in [9.17, 15) is 0 Å². The summed E-state index contributed by atoms with van der Waals surface area (Å²) in [5.74, 6) is 0.664. The zero-order chi connectivity index (χ0) is 13.6. The summed E-state index contributed by atoms with van der Waals surface area (Å²) in [5.41, 5.74) is -0.374. The molecule has 0 saturated heterocycles. The van der Waals surface area contributed by atoms with Crippen LogP contribution in [0.5, 0.6) is 0 Å². The van der Waals surface area contributed by atoms with Gasteiger partial charge in [0.2, 0.25) is 5.82 Å². The van der Waals surface area contributed by atoms with E-state index in [4.69, 9.17) is 14.0 Å². The minimum atomic E-state index is -0.374. The van der Waals surface area contributed by atoms with Crippen LogP contribution in [-0.4, -0.2) is 37.5 Å². The Bertz CT molecular complexity index is 373. The van der Waals surface area contributed by atoms with E-state index >= 15 is 0 Å². The maximum Gasteiger partial charge on any atom is 0.321 e. The molecule has 19 heavy (non-hydrogen) atoms. The molecular formula is C13H23N3O3. The summed E-state index contributed by atoms with van der Waals surface area (Å²) in [4.78, 5) is 4.42. The molecule has 0 bridgehead atoms. The summed E-state index contributed by atoms with van der Waals surface area (Å²) < 4.78 is 15.9. The van der Waals surface area contributed by atoms with Gasteiger partial charge in [-0.1, -0.05) is 30.8 Å². The molecule has 108 valence electrons. The number of methoxy groups -OCH3 is 2. The molecule has 0 spiro atoms.